The summed E-state index contributed by atoms with van der Waals surface area (Å²) in [6, 6.07) is 11.8. The Balaban J connectivity index is 2.00. The van der Waals surface area contributed by atoms with Crippen LogP contribution in [0.1, 0.15) is 6.92 Å². The summed E-state index contributed by atoms with van der Waals surface area (Å²) < 4.78 is 37.2. The van der Waals surface area contributed by atoms with Crippen LogP contribution in [-0.4, -0.2) is 28.8 Å². The van der Waals surface area contributed by atoms with Crippen molar-refractivity contribution >= 4 is 34.7 Å². The first kappa shape index (κ1) is 20.6. The number of hydrogen-bond acceptors (Lipinski definition) is 5. The zero-order valence-corrected chi connectivity index (χ0v) is 14.9. The van der Waals surface area contributed by atoms with Gasteiger partial charge in [-0.15, -0.1) is 11.8 Å². The molecular weight excluding hydrogens is 383 g/mol. The van der Waals surface area contributed by atoms with Crippen LogP contribution in [-0.2, 0) is 4.79 Å². The zero-order valence-electron chi connectivity index (χ0n) is 14.1. The van der Waals surface area contributed by atoms with E-state index in [1.807, 2.05) is 0 Å². The molecule has 6 nitrogen and oxygen atoms in total. The number of para-hydroxylation sites is 2. The van der Waals surface area contributed by atoms with Crippen LogP contribution in [0.25, 0.3) is 0 Å². The van der Waals surface area contributed by atoms with Gasteiger partial charge < -0.3 is 10.6 Å². The zero-order chi connectivity index (χ0) is 20.0. The van der Waals surface area contributed by atoms with Gasteiger partial charge in [0.25, 0.3) is 5.69 Å². The van der Waals surface area contributed by atoms with Crippen LogP contribution in [0.2, 0.25) is 0 Å². The lowest BCUT2D eigenvalue weighted by Gasteiger charge is -2.16. The van der Waals surface area contributed by atoms with Crippen molar-refractivity contribution < 1.29 is 22.9 Å². The molecule has 1 amide bonds. The number of thioether (sulfide) groups is 1. The summed E-state index contributed by atoms with van der Waals surface area (Å²) in [6.07, 6.45) is -4.38. The molecule has 2 rings (SSSR count). The molecular formula is C17H16F3N3O3S. The second-order valence-corrected chi connectivity index (χ2v) is 6.93. The third-order valence-electron chi connectivity index (χ3n) is 3.39. The first-order valence-corrected chi connectivity index (χ1v) is 8.65. The Morgan fingerprint density at radius 3 is 2.30 bits per heavy atom. The van der Waals surface area contributed by atoms with Crippen molar-refractivity contribution in [2.24, 2.45) is 0 Å². The number of rotatable bonds is 7. The number of nitrogens with zero attached hydrogens (tertiary/aromatic N) is 1. The van der Waals surface area contributed by atoms with Crippen molar-refractivity contribution in [1.82, 2.24) is 0 Å². The highest BCUT2D eigenvalue weighted by Gasteiger charge is 2.27. The molecule has 0 aliphatic carbocycles. The molecule has 0 saturated heterocycles. The van der Waals surface area contributed by atoms with E-state index >= 15 is 0 Å². The average Bonchev–Trinajstić information content (AvgIpc) is 2.60. The predicted molar refractivity (Wildman–Crippen MR) is 98.0 cm³/mol. The Labute approximate surface area is 157 Å². The van der Waals surface area contributed by atoms with E-state index in [9.17, 15) is 28.1 Å². The van der Waals surface area contributed by atoms with Gasteiger partial charge in [-0.3, -0.25) is 14.9 Å². The number of alkyl halides is 3. The Morgan fingerprint density at radius 2 is 1.74 bits per heavy atom. The normalized spacial score (nSPS) is 12.3. The summed E-state index contributed by atoms with van der Waals surface area (Å²) >= 11 is 1.18. The van der Waals surface area contributed by atoms with E-state index < -0.39 is 28.8 Å². The molecule has 2 N–H and O–H groups in total. The minimum atomic E-state index is -4.38. The van der Waals surface area contributed by atoms with E-state index in [1.165, 1.54) is 48.2 Å². The molecule has 0 saturated carbocycles. The van der Waals surface area contributed by atoms with Crippen molar-refractivity contribution in [3.63, 3.8) is 0 Å². The first-order valence-electron chi connectivity index (χ1n) is 7.77. The standard InChI is InChI=1S/C17H16F3N3O3S/c1-11(27-13-8-6-12(7-9-13)23(25)26)16(24)22-15-5-3-2-4-14(15)21-10-17(18,19)20/h2-9,11,21H,10H2,1H3,(H,22,24). The van der Waals surface area contributed by atoms with Gasteiger partial charge in [-0.25, -0.2) is 0 Å². The molecule has 2 aromatic carbocycles. The SMILES string of the molecule is CC(Sc1ccc([N+](=O)[O-])cc1)C(=O)Nc1ccccc1NCC(F)(F)F. The van der Waals surface area contributed by atoms with E-state index in [1.54, 1.807) is 19.1 Å². The fourth-order valence-corrected chi connectivity index (χ4v) is 2.95. The average molecular weight is 399 g/mol. The molecule has 0 heterocycles. The first-order chi connectivity index (χ1) is 12.7. The minimum absolute atomic E-state index is 0.0545. The maximum atomic E-state index is 12.4. The number of halogens is 3. The molecule has 1 atom stereocenters. The van der Waals surface area contributed by atoms with E-state index in [2.05, 4.69) is 10.6 Å². The molecule has 27 heavy (non-hydrogen) atoms. The number of nitro groups is 1. The van der Waals surface area contributed by atoms with Crippen LogP contribution < -0.4 is 10.6 Å². The molecule has 10 heteroatoms. The van der Waals surface area contributed by atoms with Crippen molar-refractivity contribution in [2.45, 2.75) is 23.2 Å². The quantitative estimate of drug-likeness (QED) is 0.401. The highest BCUT2D eigenvalue weighted by molar-refractivity contribution is 8.00. The number of benzene rings is 2. The number of nitrogens with one attached hydrogen (secondary N) is 2. The van der Waals surface area contributed by atoms with Crippen molar-refractivity contribution in [2.75, 3.05) is 17.2 Å². The van der Waals surface area contributed by atoms with Gasteiger partial charge in [0.15, 0.2) is 0 Å². The lowest BCUT2D eigenvalue weighted by atomic mass is 10.2. The van der Waals surface area contributed by atoms with E-state index in [4.69, 9.17) is 0 Å². The van der Waals surface area contributed by atoms with Gasteiger partial charge in [-0.05, 0) is 31.2 Å². The second kappa shape index (κ2) is 8.76. The maximum Gasteiger partial charge on any atom is 0.405 e. The van der Waals surface area contributed by atoms with Crippen LogP contribution >= 0.6 is 11.8 Å². The fourth-order valence-electron chi connectivity index (χ4n) is 2.08. The number of hydrogen-bond donors (Lipinski definition) is 2. The molecule has 0 radical (unpaired) electrons. The number of non-ortho nitro benzene ring substituents is 1. The Bertz CT molecular complexity index is 813. The summed E-state index contributed by atoms with van der Waals surface area (Å²) in [5.74, 6) is -0.403. The lowest BCUT2D eigenvalue weighted by Crippen LogP contribution is -2.25. The van der Waals surface area contributed by atoms with Gasteiger partial charge in [0.05, 0.1) is 21.5 Å². The molecule has 0 aromatic heterocycles. The third-order valence-corrected chi connectivity index (χ3v) is 4.51. The Kier molecular flexibility index (Phi) is 6.67. The van der Waals surface area contributed by atoms with Gasteiger partial charge >= 0.3 is 6.18 Å². The molecule has 0 bridgehead atoms. The summed E-state index contributed by atoms with van der Waals surface area (Å²) in [4.78, 5) is 23.1. The predicted octanol–water partition coefficient (Wildman–Crippen LogP) is 4.69. The molecule has 0 spiro atoms. The molecule has 1 unspecified atom stereocenters. The van der Waals surface area contributed by atoms with Gasteiger partial charge in [-0.2, -0.15) is 13.2 Å². The summed E-state index contributed by atoms with van der Waals surface area (Å²) in [7, 11) is 0. The van der Waals surface area contributed by atoms with Crippen molar-refractivity contribution in [3.05, 3.63) is 58.6 Å². The molecule has 2 aromatic rings. The summed E-state index contributed by atoms with van der Waals surface area (Å²) in [5.41, 5.74) is 0.347. The van der Waals surface area contributed by atoms with Gasteiger partial charge in [0.1, 0.15) is 6.54 Å². The highest BCUT2D eigenvalue weighted by atomic mass is 32.2. The maximum absolute atomic E-state index is 12.4. The van der Waals surface area contributed by atoms with Crippen molar-refractivity contribution in [1.29, 1.82) is 0 Å². The fraction of sp³-hybridized carbons (Fsp3) is 0.235. The van der Waals surface area contributed by atoms with Crippen LogP contribution in [0, 0.1) is 10.1 Å². The molecule has 144 valence electrons. The van der Waals surface area contributed by atoms with E-state index in [0.29, 0.717) is 4.90 Å². The smallest absolute Gasteiger partial charge is 0.375 e. The number of carbonyl (C=O) groups excluding carboxylic acids is 1. The monoisotopic (exact) mass is 399 g/mol. The van der Waals surface area contributed by atoms with Crippen LogP contribution in [0.4, 0.5) is 30.2 Å². The Hall–Kier alpha value is -2.75. The van der Waals surface area contributed by atoms with Crippen LogP contribution in [0.5, 0.6) is 0 Å². The topological polar surface area (TPSA) is 84.3 Å². The van der Waals surface area contributed by atoms with E-state index in [-0.39, 0.29) is 17.1 Å². The van der Waals surface area contributed by atoms with Gasteiger partial charge in [0.2, 0.25) is 5.91 Å². The molecule has 0 fully saturated rings. The number of nitro benzene ring substituents is 1. The Morgan fingerprint density at radius 1 is 1.15 bits per heavy atom. The number of amides is 1. The number of carbonyl (C=O) groups is 1. The van der Waals surface area contributed by atoms with Crippen molar-refractivity contribution in [3.8, 4) is 0 Å². The minimum Gasteiger partial charge on any atom is -0.375 e. The summed E-state index contributed by atoms with van der Waals surface area (Å²) in [6.45, 7) is 0.417. The molecule has 0 aliphatic heterocycles. The van der Waals surface area contributed by atoms with Crippen LogP contribution in [0.3, 0.4) is 0 Å². The van der Waals surface area contributed by atoms with Gasteiger partial charge in [-0.1, -0.05) is 12.1 Å². The van der Waals surface area contributed by atoms with Crippen LogP contribution in [0.15, 0.2) is 53.4 Å². The third kappa shape index (κ3) is 6.48. The second-order valence-electron chi connectivity index (χ2n) is 5.51. The van der Waals surface area contributed by atoms with Gasteiger partial charge in [0, 0.05) is 17.0 Å². The number of anilines is 2. The molecule has 0 aliphatic rings. The summed E-state index contributed by atoms with van der Waals surface area (Å²) in [5, 5.41) is 14.9. The van der Waals surface area contributed by atoms with E-state index in [0.717, 1.165) is 0 Å². The largest absolute Gasteiger partial charge is 0.405 e. The highest BCUT2D eigenvalue weighted by Crippen LogP contribution is 2.28. The lowest BCUT2D eigenvalue weighted by molar-refractivity contribution is -0.384.